The topological polar surface area (TPSA) is 73.5 Å². The number of hydrogen-bond donors (Lipinski definition) is 2. The molecule has 0 radical (unpaired) electrons. The highest BCUT2D eigenvalue weighted by molar-refractivity contribution is 5.79. The summed E-state index contributed by atoms with van der Waals surface area (Å²) in [5.74, 6) is 0.514. The molecule has 2 fully saturated rings. The summed E-state index contributed by atoms with van der Waals surface area (Å²) >= 11 is 0. The van der Waals surface area contributed by atoms with Crippen molar-refractivity contribution in [1.82, 2.24) is 20.2 Å². The number of aromatic amines is 1. The van der Waals surface area contributed by atoms with Crippen molar-refractivity contribution >= 4 is 22.7 Å². The van der Waals surface area contributed by atoms with Crippen LogP contribution in [0.25, 0.3) is 11.0 Å². The molecule has 140 valence electrons. The average Bonchev–Trinajstić information content (AvgIpc) is 3.12. The molecule has 0 unspecified atom stereocenters. The van der Waals surface area contributed by atoms with E-state index in [1.165, 1.54) is 5.69 Å². The number of aromatic nitrogens is 2. The molecule has 0 atom stereocenters. The minimum atomic E-state index is -0.826. The monoisotopic (exact) mass is 361 g/mol. The molecule has 2 saturated heterocycles. The zero-order valence-electron chi connectivity index (χ0n) is 14.7. The lowest BCUT2D eigenvalue weighted by Gasteiger charge is -2.29. The molecule has 2 aromatic rings. The van der Waals surface area contributed by atoms with Crippen LogP contribution in [0.1, 0.15) is 24.6 Å². The predicted octanol–water partition coefficient (Wildman–Crippen LogP) is 1.58. The molecule has 7 nitrogen and oxygen atoms in total. The van der Waals surface area contributed by atoms with Crippen molar-refractivity contribution in [2.45, 2.75) is 18.8 Å². The van der Waals surface area contributed by atoms with Gasteiger partial charge in [0.2, 0.25) is 0 Å². The van der Waals surface area contributed by atoms with Gasteiger partial charge in [-0.15, -0.1) is 0 Å². The number of carbonyl (C=O) groups is 1. The molecule has 26 heavy (non-hydrogen) atoms. The Hall–Kier alpha value is -2.19. The van der Waals surface area contributed by atoms with Crippen molar-refractivity contribution in [2.75, 3.05) is 50.7 Å². The van der Waals surface area contributed by atoms with E-state index in [9.17, 15) is 9.32 Å². The second-order valence-corrected chi connectivity index (χ2v) is 7.06. The number of anilines is 1. The number of fused-ring (bicyclic) bond motifs is 1. The molecule has 8 heteroatoms. The highest BCUT2D eigenvalue weighted by Gasteiger charge is 2.25. The first-order chi connectivity index (χ1) is 12.7. The third-order valence-electron chi connectivity index (χ3n) is 5.38. The number of piperazine rings is 1. The first-order valence-electron chi connectivity index (χ1n) is 9.22. The smallest absolute Gasteiger partial charge is 0.362 e. The summed E-state index contributed by atoms with van der Waals surface area (Å²) in [6, 6.07) is 6.41. The van der Waals surface area contributed by atoms with E-state index in [0.717, 1.165) is 69.0 Å². The normalized spacial score (nSPS) is 19.8. The van der Waals surface area contributed by atoms with Gasteiger partial charge in [-0.2, -0.15) is 0 Å². The van der Waals surface area contributed by atoms with Crippen LogP contribution in [0.4, 0.5) is 10.2 Å². The molecule has 0 spiro atoms. The van der Waals surface area contributed by atoms with Gasteiger partial charge in [0.05, 0.1) is 11.0 Å². The number of H-pyrrole nitrogens is 1. The van der Waals surface area contributed by atoms with Gasteiger partial charge >= 0.3 is 5.97 Å². The van der Waals surface area contributed by atoms with E-state index in [1.54, 1.807) is 0 Å². The van der Waals surface area contributed by atoms with E-state index in [4.69, 9.17) is 4.98 Å². The van der Waals surface area contributed by atoms with Gasteiger partial charge in [-0.1, -0.05) is 0 Å². The summed E-state index contributed by atoms with van der Waals surface area (Å²) < 4.78 is 11.9. The van der Waals surface area contributed by atoms with Crippen LogP contribution in [0.3, 0.4) is 0 Å². The second-order valence-electron chi connectivity index (χ2n) is 7.06. The van der Waals surface area contributed by atoms with Crippen LogP contribution in [0, 0.1) is 0 Å². The Balaban J connectivity index is 1.43. The summed E-state index contributed by atoms with van der Waals surface area (Å²) in [5.41, 5.74) is 3.29. The minimum Gasteiger partial charge on any atom is -0.369 e. The highest BCUT2D eigenvalue weighted by Crippen LogP contribution is 2.29. The van der Waals surface area contributed by atoms with Gasteiger partial charge in [-0.25, -0.2) is 9.78 Å². The van der Waals surface area contributed by atoms with Crippen LogP contribution in [0.15, 0.2) is 18.2 Å². The van der Waals surface area contributed by atoms with Crippen LogP contribution < -0.4 is 10.2 Å². The van der Waals surface area contributed by atoms with Gasteiger partial charge in [0, 0.05) is 42.3 Å². The molecule has 4 rings (SSSR count). The molecular formula is C18H24FN5O2. The Labute approximate surface area is 151 Å². The Morgan fingerprint density at radius 1 is 1.23 bits per heavy atom. The average molecular weight is 361 g/mol. The van der Waals surface area contributed by atoms with Crippen LogP contribution in [0.2, 0.25) is 0 Å². The van der Waals surface area contributed by atoms with E-state index < -0.39 is 5.97 Å². The fourth-order valence-corrected chi connectivity index (χ4v) is 3.90. The standard InChI is InChI=1S/C18H24FN5O2/c19-26-17(25)12-23-7-3-13(4-8-23)18-21-15-2-1-14(11-16(15)22-18)24-9-5-20-6-10-24/h1-2,11,13,20H,3-10,12H2,(H,21,22). The summed E-state index contributed by atoms with van der Waals surface area (Å²) in [6.07, 6.45) is 1.79. The molecule has 0 saturated carbocycles. The summed E-state index contributed by atoms with van der Waals surface area (Å²) in [5, 5.41) is 3.37. The third kappa shape index (κ3) is 3.66. The van der Waals surface area contributed by atoms with E-state index >= 15 is 0 Å². The van der Waals surface area contributed by atoms with Crippen LogP contribution >= 0.6 is 0 Å². The number of carbonyl (C=O) groups excluding carboxylic acids is 1. The lowest BCUT2D eigenvalue weighted by molar-refractivity contribution is -0.185. The summed E-state index contributed by atoms with van der Waals surface area (Å²) in [4.78, 5) is 26.9. The first kappa shape index (κ1) is 17.2. The van der Waals surface area contributed by atoms with Crippen LogP contribution in [0.5, 0.6) is 0 Å². The third-order valence-corrected chi connectivity index (χ3v) is 5.38. The quantitative estimate of drug-likeness (QED) is 0.861. The summed E-state index contributed by atoms with van der Waals surface area (Å²) in [7, 11) is 0. The number of imidazole rings is 1. The van der Waals surface area contributed by atoms with E-state index in [-0.39, 0.29) is 6.54 Å². The Bertz CT molecular complexity index is 766. The first-order valence-corrected chi connectivity index (χ1v) is 9.22. The lowest BCUT2D eigenvalue weighted by Crippen LogP contribution is -2.43. The van der Waals surface area contributed by atoms with Crippen molar-refractivity contribution < 1.29 is 14.3 Å². The molecular weight excluding hydrogens is 337 g/mol. The molecule has 0 bridgehead atoms. The Morgan fingerprint density at radius 3 is 2.73 bits per heavy atom. The Kier molecular flexibility index (Phi) is 5.03. The number of likely N-dealkylation sites (tertiary alicyclic amines) is 1. The molecule has 1 aromatic carbocycles. The maximum Gasteiger partial charge on any atom is 0.362 e. The van der Waals surface area contributed by atoms with Gasteiger partial charge in [0.1, 0.15) is 12.4 Å². The minimum absolute atomic E-state index is 0.0113. The van der Waals surface area contributed by atoms with Crippen molar-refractivity contribution in [1.29, 1.82) is 0 Å². The van der Waals surface area contributed by atoms with E-state index in [1.807, 2.05) is 4.90 Å². The van der Waals surface area contributed by atoms with Crippen LogP contribution in [-0.2, 0) is 9.74 Å². The van der Waals surface area contributed by atoms with Crippen LogP contribution in [-0.4, -0.2) is 66.7 Å². The molecule has 2 aliphatic rings. The van der Waals surface area contributed by atoms with Gasteiger partial charge in [-0.05, 0) is 44.1 Å². The number of nitrogens with one attached hydrogen (secondary N) is 2. The van der Waals surface area contributed by atoms with E-state index in [2.05, 4.69) is 38.3 Å². The van der Waals surface area contributed by atoms with Gasteiger partial charge in [-0.3, -0.25) is 9.84 Å². The maximum atomic E-state index is 11.9. The van der Waals surface area contributed by atoms with Crippen molar-refractivity contribution in [3.63, 3.8) is 0 Å². The van der Waals surface area contributed by atoms with E-state index in [0.29, 0.717) is 5.92 Å². The van der Waals surface area contributed by atoms with Gasteiger partial charge in [0.25, 0.3) is 0 Å². The number of nitrogens with zero attached hydrogens (tertiary/aromatic N) is 3. The molecule has 2 aliphatic heterocycles. The maximum absolute atomic E-state index is 11.9. The van der Waals surface area contributed by atoms with Crippen molar-refractivity contribution in [3.05, 3.63) is 24.0 Å². The Morgan fingerprint density at radius 2 is 2.00 bits per heavy atom. The molecule has 0 amide bonds. The fourth-order valence-electron chi connectivity index (χ4n) is 3.90. The molecule has 0 aliphatic carbocycles. The van der Waals surface area contributed by atoms with Gasteiger partial charge in [0.15, 0.2) is 0 Å². The highest BCUT2D eigenvalue weighted by atomic mass is 19.3. The largest absolute Gasteiger partial charge is 0.369 e. The predicted molar refractivity (Wildman–Crippen MR) is 96.8 cm³/mol. The van der Waals surface area contributed by atoms with Crippen molar-refractivity contribution in [3.8, 4) is 0 Å². The summed E-state index contributed by atoms with van der Waals surface area (Å²) in [6.45, 7) is 5.56. The SMILES string of the molecule is O=C(CN1CCC(c2nc3ccc(N4CCNCC4)cc3[nH]2)CC1)OF. The van der Waals surface area contributed by atoms with Crippen molar-refractivity contribution in [2.24, 2.45) is 0 Å². The number of benzene rings is 1. The molecule has 2 N–H and O–H groups in total. The lowest BCUT2D eigenvalue weighted by atomic mass is 9.96. The number of hydrogen-bond acceptors (Lipinski definition) is 6. The zero-order valence-corrected chi connectivity index (χ0v) is 14.7. The number of halogens is 1. The zero-order chi connectivity index (χ0) is 17.9. The van der Waals surface area contributed by atoms with Gasteiger partial charge < -0.3 is 15.2 Å². The number of rotatable bonds is 4. The fraction of sp³-hybridized carbons (Fsp3) is 0.556. The molecule has 3 heterocycles. The number of piperidine rings is 1. The second kappa shape index (κ2) is 7.59. The molecule has 1 aromatic heterocycles.